The van der Waals surface area contributed by atoms with Crippen molar-refractivity contribution >= 4 is 11.4 Å². The van der Waals surface area contributed by atoms with Crippen LogP contribution in [0, 0.1) is 5.41 Å². The number of benzene rings is 2. The molecule has 0 heterocycles. The van der Waals surface area contributed by atoms with Gasteiger partial charge in [-0.1, -0.05) is 77.6 Å². The molecule has 0 unspecified atom stereocenters. The maximum Gasteiger partial charge on any atom is 0.0314 e. The molecule has 2 aromatic rings. The highest BCUT2D eigenvalue weighted by Crippen LogP contribution is 2.33. The van der Waals surface area contributed by atoms with Crippen LogP contribution in [-0.2, 0) is 0 Å². The van der Waals surface area contributed by atoms with E-state index in [1.54, 1.807) is 0 Å². The van der Waals surface area contributed by atoms with E-state index in [9.17, 15) is 0 Å². The maximum absolute atomic E-state index is 5.61. The molecule has 0 radical (unpaired) electrons. The van der Waals surface area contributed by atoms with Gasteiger partial charge in [-0.05, 0) is 40.8 Å². The van der Waals surface area contributed by atoms with Crippen LogP contribution in [-0.4, -0.2) is 0 Å². The SMILES string of the molecule is CCC(CC)(CC)CC.Nc1ccc(-c2ccc(N)cc2)cc1. The Kier molecular flexibility index (Phi) is 7.67. The van der Waals surface area contributed by atoms with Gasteiger partial charge in [0, 0.05) is 11.4 Å². The zero-order chi connectivity index (χ0) is 17.3. The first kappa shape index (κ1) is 19.1. The van der Waals surface area contributed by atoms with E-state index in [4.69, 9.17) is 11.5 Å². The number of nitrogens with two attached hydrogens (primary N) is 2. The van der Waals surface area contributed by atoms with Crippen LogP contribution < -0.4 is 11.5 Å². The molecule has 0 aliphatic heterocycles. The van der Waals surface area contributed by atoms with E-state index < -0.39 is 0 Å². The highest BCUT2D eigenvalue weighted by atomic mass is 14.5. The van der Waals surface area contributed by atoms with E-state index in [1.165, 1.54) is 25.7 Å². The van der Waals surface area contributed by atoms with E-state index >= 15 is 0 Å². The lowest BCUT2D eigenvalue weighted by atomic mass is 9.78. The standard InChI is InChI=1S/C12H12N2.C9H20/c13-11-5-1-9(2-6-11)10-3-7-12(14)8-4-10;1-5-9(6-2,7-3)8-4/h1-8H,13-14H2;5-8H2,1-4H3. The average Bonchev–Trinajstić information content (AvgIpc) is 2.60. The number of anilines is 2. The lowest BCUT2D eigenvalue weighted by Crippen LogP contribution is -2.15. The van der Waals surface area contributed by atoms with Gasteiger partial charge in [-0.25, -0.2) is 0 Å². The second kappa shape index (κ2) is 9.24. The number of hydrogen-bond acceptors (Lipinski definition) is 2. The fraction of sp³-hybridized carbons (Fsp3) is 0.429. The number of rotatable bonds is 5. The summed E-state index contributed by atoms with van der Waals surface area (Å²) in [5.74, 6) is 0. The van der Waals surface area contributed by atoms with Gasteiger partial charge >= 0.3 is 0 Å². The molecule has 2 rings (SSSR count). The zero-order valence-corrected chi connectivity index (χ0v) is 15.1. The largest absolute Gasteiger partial charge is 0.399 e. The lowest BCUT2D eigenvalue weighted by molar-refractivity contribution is 0.240. The first-order valence-corrected chi connectivity index (χ1v) is 8.71. The van der Waals surface area contributed by atoms with Crippen LogP contribution in [0.1, 0.15) is 53.4 Å². The van der Waals surface area contributed by atoms with Crippen LogP contribution in [0.3, 0.4) is 0 Å². The van der Waals surface area contributed by atoms with E-state index in [-0.39, 0.29) is 0 Å². The first-order chi connectivity index (χ1) is 11.0. The molecule has 23 heavy (non-hydrogen) atoms. The smallest absolute Gasteiger partial charge is 0.0314 e. The Morgan fingerprint density at radius 3 is 1.00 bits per heavy atom. The molecule has 2 aromatic carbocycles. The monoisotopic (exact) mass is 312 g/mol. The summed E-state index contributed by atoms with van der Waals surface area (Å²) in [6, 6.07) is 15.6. The minimum absolute atomic E-state index is 0.667. The van der Waals surface area contributed by atoms with Crippen molar-refractivity contribution in [1.29, 1.82) is 0 Å². The topological polar surface area (TPSA) is 52.0 Å². The minimum atomic E-state index is 0.667. The van der Waals surface area contributed by atoms with Crippen LogP contribution in [0.2, 0.25) is 0 Å². The van der Waals surface area contributed by atoms with Gasteiger partial charge in [0.2, 0.25) is 0 Å². The normalized spacial score (nSPS) is 10.8. The molecular weight excluding hydrogens is 280 g/mol. The van der Waals surface area contributed by atoms with Gasteiger partial charge in [-0.3, -0.25) is 0 Å². The fourth-order valence-corrected chi connectivity index (χ4v) is 2.85. The maximum atomic E-state index is 5.61. The third-order valence-corrected chi connectivity index (χ3v) is 5.15. The Labute approximate surface area is 141 Å². The van der Waals surface area contributed by atoms with Crippen molar-refractivity contribution < 1.29 is 0 Å². The molecule has 0 aromatic heterocycles. The molecule has 0 saturated carbocycles. The molecule has 0 bridgehead atoms. The van der Waals surface area contributed by atoms with Gasteiger partial charge in [0.15, 0.2) is 0 Å². The molecule has 0 fully saturated rings. The second-order valence-electron chi connectivity index (χ2n) is 6.16. The van der Waals surface area contributed by atoms with Crippen molar-refractivity contribution in [2.45, 2.75) is 53.4 Å². The summed E-state index contributed by atoms with van der Waals surface area (Å²) < 4.78 is 0. The molecular formula is C21H32N2. The van der Waals surface area contributed by atoms with Crippen LogP contribution in [0.15, 0.2) is 48.5 Å². The molecule has 0 atom stereocenters. The summed E-state index contributed by atoms with van der Waals surface area (Å²) >= 11 is 0. The molecule has 0 saturated heterocycles. The quantitative estimate of drug-likeness (QED) is 0.652. The summed E-state index contributed by atoms with van der Waals surface area (Å²) in [7, 11) is 0. The predicted molar refractivity (Wildman–Crippen MR) is 104 cm³/mol. The third-order valence-electron chi connectivity index (χ3n) is 5.15. The van der Waals surface area contributed by atoms with Crippen molar-refractivity contribution in [3.63, 3.8) is 0 Å². The Bertz CT molecular complexity index is 490. The minimum Gasteiger partial charge on any atom is -0.399 e. The second-order valence-corrected chi connectivity index (χ2v) is 6.16. The average molecular weight is 313 g/mol. The molecule has 0 spiro atoms. The summed E-state index contributed by atoms with van der Waals surface area (Å²) in [5, 5.41) is 0. The van der Waals surface area contributed by atoms with Gasteiger partial charge in [0.05, 0.1) is 0 Å². The number of hydrogen-bond donors (Lipinski definition) is 2. The molecule has 2 heteroatoms. The van der Waals surface area contributed by atoms with Gasteiger partial charge in [-0.2, -0.15) is 0 Å². The molecule has 0 amide bonds. The van der Waals surface area contributed by atoms with Crippen molar-refractivity contribution in [1.82, 2.24) is 0 Å². The Balaban J connectivity index is 0.000000257. The van der Waals surface area contributed by atoms with Crippen molar-refractivity contribution in [2.75, 3.05) is 11.5 Å². The van der Waals surface area contributed by atoms with Crippen molar-refractivity contribution in [3.05, 3.63) is 48.5 Å². The van der Waals surface area contributed by atoms with Crippen molar-refractivity contribution in [3.8, 4) is 11.1 Å². The van der Waals surface area contributed by atoms with E-state index in [1.807, 2.05) is 48.5 Å². The van der Waals surface area contributed by atoms with E-state index in [0.717, 1.165) is 22.5 Å². The van der Waals surface area contributed by atoms with Gasteiger partial charge in [0.1, 0.15) is 0 Å². The number of nitrogen functional groups attached to an aromatic ring is 2. The third kappa shape index (κ3) is 5.63. The molecule has 126 valence electrons. The molecule has 2 nitrogen and oxygen atoms in total. The predicted octanol–water partition coefficient (Wildman–Crippen LogP) is 6.13. The van der Waals surface area contributed by atoms with Gasteiger partial charge < -0.3 is 11.5 Å². The zero-order valence-electron chi connectivity index (χ0n) is 15.1. The molecule has 0 aliphatic carbocycles. The summed E-state index contributed by atoms with van der Waals surface area (Å²) in [6.45, 7) is 9.21. The van der Waals surface area contributed by atoms with E-state index in [2.05, 4.69) is 27.7 Å². The van der Waals surface area contributed by atoms with Gasteiger partial charge in [0.25, 0.3) is 0 Å². The Hall–Kier alpha value is -1.96. The molecule has 4 N–H and O–H groups in total. The van der Waals surface area contributed by atoms with Crippen LogP contribution in [0.25, 0.3) is 11.1 Å². The van der Waals surface area contributed by atoms with Gasteiger partial charge in [-0.15, -0.1) is 0 Å². The van der Waals surface area contributed by atoms with Crippen LogP contribution in [0.4, 0.5) is 11.4 Å². The summed E-state index contributed by atoms with van der Waals surface area (Å²) in [4.78, 5) is 0. The fourth-order valence-electron chi connectivity index (χ4n) is 2.85. The van der Waals surface area contributed by atoms with Crippen molar-refractivity contribution in [2.24, 2.45) is 5.41 Å². The van der Waals surface area contributed by atoms with Crippen LogP contribution in [0.5, 0.6) is 0 Å². The lowest BCUT2D eigenvalue weighted by Gasteiger charge is -2.28. The summed E-state index contributed by atoms with van der Waals surface area (Å²) in [6.07, 6.45) is 5.38. The Morgan fingerprint density at radius 2 is 0.826 bits per heavy atom. The Morgan fingerprint density at radius 1 is 0.565 bits per heavy atom. The van der Waals surface area contributed by atoms with Crippen LogP contribution >= 0.6 is 0 Å². The first-order valence-electron chi connectivity index (χ1n) is 8.71. The van der Waals surface area contributed by atoms with E-state index in [0.29, 0.717) is 5.41 Å². The molecule has 0 aliphatic rings. The summed E-state index contributed by atoms with van der Waals surface area (Å²) in [5.41, 5.74) is 15.8. The highest BCUT2D eigenvalue weighted by Gasteiger charge is 2.20. The highest BCUT2D eigenvalue weighted by molar-refractivity contribution is 5.67.